The van der Waals surface area contributed by atoms with E-state index in [2.05, 4.69) is 4.98 Å². The zero-order valence-corrected chi connectivity index (χ0v) is 8.89. The number of halogens is 1. The number of aromatic amines is 1. The summed E-state index contributed by atoms with van der Waals surface area (Å²) in [6.45, 7) is 3.73. The molecule has 2 rings (SSSR count). The minimum absolute atomic E-state index is 0.532. The molecule has 74 valence electrons. The third kappa shape index (κ3) is 1.31. The monoisotopic (exact) mass is 209 g/mol. The van der Waals surface area contributed by atoms with Crippen molar-refractivity contribution in [3.05, 3.63) is 34.5 Å². The van der Waals surface area contributed by atoms with E-state index in [0.29, 0.717) is 5.15 Å². The molecule has 0 spiro atoms. The Morgan fingerprint density at radius 1 is 1.43 bits per heavy atom. The minimum Gasteiger partial charge on any atom is -0.389 e. The van der Waals surface area contributed by atoms with Gasteiger partial charge in [0.15, 0.2) is 0 Å². The van der Waals surface area contributed by atoms with Crippen LogP contribution in [0.3, 0.4) is 0 Å². The molecule has 3 heteroatoms. The summed E-state index contributed by atoms with van der Waals surface area (Å²) in [5.41, 5.74) is 2.93. The summed E-state index contributed by atoms with van der Waals surface area (Å²) in [6.07, 6.45) is -0.543. The maximum absolute atomic E-state index is 9.58. The minimum atomic E-state index is -0.543. The second-order valence-electron chi connectivity index (χ2n) is 3.53. The first kappa shape index (κ1) is 9.56. The molecule has 1 unspecified atom stereocenters. The number of para-hydroxylation sites is 1. The summed E-state index contributed by atoms with van der Waals surface area (Å²) in [5.74, 6) is 0. The molecule has 0 saturated heterocycles. The molecule has 2 aromatic rings. The van der Waals surface area contributed by atoms with Gasteiger partial charge in [-0.1, -0.05) is 29.8 Å². The van der Waals surface area contributed by atoms with Crippen LogP contribution in [0, 0.1) is 6.92 Å². The van der Waals surface area contributed by atoms with Gasteiger partial charge < -0.3 is 10.1 Å². The molecule has 1 aromatic heterocycles. The predicted molar refractivity (Wildman–Crippen MR) is 58.7 cm³/mol. The number of fused-ring (bicyclic) bond motifs is 1. The van der Waals surface area contributed by atoms with Crippen LogP contribution in [0.4, 0.5) is 0 Å². The van der Waals surface area contributed by atoms with Crippen molar-refractivity contribution in [3.63, 3.8) is 0 Å². The lowest BCUT2D eigenvalue weighted by atomic mass is 10.1. The van der Waals surface area contributed by atoms with Crippen LogP contribution in [0.5, 0.6) is 0 Å². The lowest BCUT2D eigenvalue weighted by molar-refractivity contribution is 0.201. The molecule has 0 aliphatic heterocycles. The van der Waals surface area contributed by atoms with Crippen LogP contribution in [0.25, 0.3) is 10.9 Å². The molecule has 1 heterocycles. The highest BCUT2D eigenvalue weighted by molar-refractivity contribution is 6.31. The van der Waals surface area contributed by atoms with Crippen LogP contribution in [-0.4, -0.2) is 10.1 Å². The van der Waals surface area contributed by atoms with E-state index in [1.54, 1.807) is 6.92 Å². The number of aliphatic hydroxyl groups is 1. The normalized spacial score (nSPS) is 13.4. The third-order valence-electron chi connectivity index (χ3n) is 2.45. The summed E-state index contributed by atoms with van der Waals surface area (Å²) in [7, 11) is 0. The van der Waals surface area contributed by atoms with Gasteiger partial charge in [0.2, 0.25) is 0 Å². The van der Waals surface area contributed by atoms with E-state index in [1.807, 2.05) is 25.1 Å². The maximum atomic E-state index is 9.58. The number of hydrogen-bond acceptors (Lipinski definition) is 1. The number of nitrogens with one attached hydrogen (secondary N) is 1. The number of aliphatic hydroxyl groups excluding tert-OH is 1. The maximum Gasteiger partial charge on any atom is 0.113 e. The molecule has 0 aliphatic rings. The van der Waals surface area contributed by atoms with Crippen LogP contribution in [0.15, 0.2) is 18.2 Å². The molecule has 0 bridgehead atoms. The Bertz CT molecular complexity index is 473. The Morgan fingerprint density at radius 3 is 2.79 bits per heavy atom. The van der Waals surface area contributed by atoms with Crippen LogP contribution < -0.4 is 0 Å². The molecule has 0 amide bonds. The fourth-order valence-electron chi connectivity index (χ4n) is 1.76. The fraction of sp³-hybridized carbons (Fsp3) is 0.273. The van der Waals surface area contributed by atoms with Crippen LogP contribution >= 0.6 is 11.6 Å². The average Bonchev–Trinajstić information content (AvgIpc) is 2.42. The Balaban J connectivity index is 2.83. The number of hydrogen-bond donors (Lipinski definition) is 2. The topological polar surface area (TPSA) is 36.0 Å². The van der Waals surface area contributed by atoms with Crippen molar-refractivity contribution in [2.24, 2.45) is 0 Å². The van der Waals surface area contributed by atoms with E-state index >= 15 is 0 Å². The quantitative estimate of drug-likeness (QED) is 0.744. The third-order valence-corrected chi connectivity index (χ3v) is 2.75. The Morgan fingerprint density at radius 2 is 2.14 bits per heavy atom. The van der Waals surface area contributed by atoms with Gasteiger partial charge in [0.05, 0.1) is 6.10 Å². The molecule has 2 N–H and O–H groups in total. The van der Waals surface area contributed by atoms with Gasteiger partial charge in [-0.2, -0.15) is 0 Å². The van der Waals surface area contributed by atoms with Crippen molar-refractivity contribution >= 4 is 22.5 Å². The van der Waals surface area contributed by atoms with Crippen molar-refractivity contribution in [2.45, 2.75) is 20.0 Å². The van der Waals surface area contributed by atoms with Gasteiger partial charge in [-0.25, -0.2) is 0 Å². The standard InChI is InChI=1S/C11H12ClNO/c1-6-4-3-5-8-9(7(2)14)11(12)13-10(6)8/h3-5,7,13-14H,1-2H3. The SMILES string of the molecule is Cc1cccc2c(C(C)O)c(Cl)[nH]c12. The number of aryl methyl sites for hydroxylation is 1. The first-order valence-electron chi connectivity index (χ1n) is 4.56. The second-order valence-corrected chi connectivity index (χ2v) is 3.90. The lowest BCUT2D eigenvalue weighted by Crippen LogP contribution is -1.89. The van der Waals surface area contributed by atoms with Crippen molar-refractivity contribution in [3.8, 4) is 0 Å². The fourth-order valence-corrected chi connectivity index (χ4v) is 2.12. The van der Waals surface area contributed by atoms with Crippen LogP contribution in [0.1, 0.15) is 24.2 Å². The predicted octanol–water partition coefficient (Wildman–Crippen LogP) is 3.18. The summed E-state index contributed by atoms with van der Waals surface area (Å²) < 4.78 is 0. The molecular formula is C11H12ClNO. The number of aromatic nitrogens is 1. The van der Waals surface area contributed by atoms with E-state index in [4.69, 9.17) is 11.6 Å². The molecule has 1 aromatic carbocycles. The highest BCUT2D eigenvalue weighted by atomic mass is 35.5. The molecule has 0 saturated carbocycles. The van der Waals surface area contributed by atoms with Gasteiger partial charge in [-0.3, -0.25) is 0 Å². The smallest absolute Gasteiger partial charge is 0.113 e. The summed E-state index contributed by atoms with van der Waals surface area (Å²) in [4.78, 5) is 3.08. The Hall–Kier alpha value is -0.990. The van der Waals surface area contributed by atoms with Crippen molar-refractivity contribution in [1.29, 1.82) is 0 Å². The van der Waals surface area contributed by atoms with Crippen LogP contribution in [-0.2, 0) is 0 Å². The number of rotatable bonds is 1. The Kier molecular flexibility index (Phi) is 2.25. The summed E-state index contributed by atoms with van der Waals surface area (Å²) in [5, 5.41) is 11.1. The summed E-state index contributed by atoms with van der Waals surface area (Å²) >= 11 is 6.02. The molecular weight excluding hydrogens is 198 g/mol. The van der Waals surface area contributed by atoms with E-state index in [9.17, 15) is 5.11 Å². The van der Waals surface area contributed by atoms with Gasteiger partial charge in [0, 0.05) is 16.5 Å². The first-order chi connectivity index (χ1) is 6.61. The highest BCUT2D eigenvalue weighted by Gasteiger charge is 2.14. The number of benzene rings is 1. The molecule has 0 fully saturated rings. The highest BCUT2D eigenvalue weighted by Crippen LogP contribution is 2.32. The lowest BCUT2D eigenvalue weighted by Gasteiger charge is -2.02. The molecule has 0 aliphatic carbocycles. The van der Waals surface area contributed by atoms with Crippen LogP contribution in [0.2, 0.25) is 5.15 Å². The van der Waals surface area contributed by atoms with E-state index in [-0.39, 0.29) is 0 Å². The number of H-pyrrole nitrogens is 1. The van der Waals surface area contributed by atoms with E-state index < -0.39 is 6.10 Å². The second kappa shape index (κ2) is 3.30. The van der Waals surface area contributed by atoms with E-state index in [0.717, 1.165) is 22.0 Å². The Labute approximate surface area is 87.5 Å². The van der Waals surface area contributed by atoms with Crippen molar-refractivity contribution < 1.29 is 5.11 Å². The van der Waals surface area contributed by atoms with Gasteiger partial charge in [0.1, 0.15) is 5.15 Å². The zero-order valence-electron chi connectivity index (χ0n) is 8.13. The molecule has 14 heavy (non-hydrogen) atoms. The van der Waals surface area contributed by atoms with E-state index in [1.165, 1.54) is 0 Å². The first-order valence-corrected chi connectivity index (χ1v) is 4.94. The molecule has 0 radical (unpaired) electrons. The largest absolute Gasteiger partial charge is 0.389 e. The van der Waals surface area contributed by atoms with Gasteiger partial charge in [-0.15, -0.1) is 0 Å². The van der Waals surface area contributed by atoms with Gasteiger partial charge >= 0.3 is 0 Å². The van der Waals surface area contributed by atoms with Crippen molar-refractivity contribution in [1.82, 2.24) is 4.98 Å². The van der Waals surface area contributed by atoms with Crippen molar-refractivity contribution in [2.75, 3.05) is 0 Å². The average molecular weight is 210 g/mol. The van der Waals surface area contributed by atoms with Gasteiger partial charge in [-0.05, 0) is 19.4 Å². The molecule has 2 nitrogen and oxygen atoms in total. The molecule has 1 atom stereocenters. The zero-order chi connectivity index (χ0) is 10.3. The summed E-state index contributed by atoms with van der Waals surface area (Å²) in [6, 6.07) is 5.95. The van der Waals surface area contributed by atoms with Gasteiger partial charge in [0.25, 0.3) is 0 Å².